The number of hydrogen-bond donors (Lipinski definition) is 1. The molecule has 0 aliphatic carbocycles. The summed E-state index contributed by atoms with van der Waals surface area (Å²) in [6.07, 6.45) is 0.155. The van der Waals surface area contributed by atoms with Crippen LogP contribution in [0.3, 0.4) is 0 Å². The highest BCUT2D eigenvalue weighted by atomic mass is 16.4. The maximum absolute atomic E-state index is 13.1. The van der Waals surface area contributed by atoms with Crippen molar-refractivity contribution in [1.29, 1.82) is 0 Å². The third-order valence-electron chi connectivity index (χ3n) is 5.62. The van der Waals surface area contributed by atoms with Gasteiger partial charge in [-0.3, -0.25) is 14.4 Å². The number of hydrogen-bond acceptors (Lipinski definition) is 3. The zero-order valence-corrected chi connectivity index (χ0v) is 15.7. The minimum Gasteiger partial charge on any atom is -0.481 e. The number of carbonyl (C=O) groups is 3. The van der Waals surface area contributed by atoms with Crippen molar-refractivity contribution in [3.63, 3.8) is 0 Å². The molecule has 0 bridgehead atoms. The second-order valence-electron chi connectivity index (χ2n) is 7.55. The molecule has 2 amide bonds. The van der Waals surface area contributed by atoms with E-state index in [4.69, 9.17) is 0 Å². The van der Waals surface area contributed by atoms with Gasteiger partial charge in [0.15, 0.2) is 0 Å². The molecular formula is C22H22N2O4. The molecule has 1 N–H and O–H groups in total. The number of carbonyl (C=O) groups excluding carboxylic acids is 2. The zero-order valence-electron chi connectivity index (χ0n) is 15.7. The van der Waals surface area contributed by atoms with E-state index in [2.05, 4.69) is 0 Å². The molecule has 4 rings (SSSR count). The number of nitrogens with zero attached hydrogens (tertiary/aromatic N) is 2. The van der Waals surface area contributed by atoms with Gasteiger partial charge in [0, 0.05) is 31.7 Å². The molecule has 0 saturated carbocycles. The SMILES string of the molecule is Cc1ccc(N2CC(C(=O)N3Cc4ccccc4C(C(=O)O)C3)CC2=O)cc1. The van der Waals surface area contributed by atoms with Crippen LogP contribution in [0.15, 0.2) is 48.5 Å². The van der Waals surface area contributed by atoms with Crippen LogP contribution in [0, 0.1) is 12.8 Å². The Morgan fingerprint density at radius 1 is 1.04 bits per heavy atom. The van der Waals surface area contributed by atoms with Crippen LogP contribution in [-0.4, -0.2) is 40.9 Å². The van der Waals surface area contributed by atoms with Crippen LogP contribution in [-0.2, 0) is 20.9 Å². The highest BCUT2D eigenvalue weighted by molar-refractivity contribution is 6.00. The zero-order chi connectivity index (χ0) is 19.8. The number of amides is 2. The summed E-state index contributed by atoms with van der Waals surface area (Å²) in [6.45, 7) is 2.83. The first-order valence-electron chi connectivity index (χ1n) is 9.40. The Hall–Kier alpha value is -3.15. The minimum absolute atomic E-state index is 0.0746. The van der Waals surface area contributed by atoms with Crippen molar-refractivity contribution >= 4 is 23.5 Å². The van der Waals surface area contributed by atoms with Crippen LogP contribution in [0.25, 0.3) is 0 Å². The summed E-state index contributed by atoms with van der Waals surface area (Å²) in [5, 5.41) is 9.60. The molecular weight excluding hydrogens is 356 g/mol. The second-order valence-corrected chi connectivity index (χ2v) is 7.55. The first-order chi connectivity index (χ1) is 13.4. The van der Waals surface area contributed by atoms with Gasteiger partial charge in [-0.15, -0.1) is 0 Å². The van der Waals surface area contributed by atoms with Gasteiger partial charge >= 0.3 is 5.97 Å². The minimum atomic E-state index is -0.936. The normalized spacial score (nSPS) is 21.5. The first-order valence-corrected chi connectivity index (χ1v) is 9.40. The van der Waals surface area contributed by atoms with Crippen molar-refractivity contribution in [2.75, 3.05) is 18.0 Å². The molecule has 2 heterocycles. The summed E-state index contributed by atoms with van der Waals surface area (Å²) in [6, 6.07) is 15.0. The standard InChI is InChI=1S/C22H22N2O4/c1-14-6-8-17(9-7-14)24-12-16(10-20(24)25)21(26)23-11-15-4-2-3-5-18(15)19(13-23)22(27)28/h2-9,16,19H,10-13H2,1H3,(H,27,28). The second kappa shape index (κ2) is 7.11. The third-order valence-corrected chi connectivity index (χ3v) is 5.62. The Kier molecular flexibility index (Phi) is 4.63. The lowest BCUT2D eigenvalue weighted by molar-refractivity contribution is -0.142. The van der Waals surface area contributed by atoms with E-state index in [1.54, 1.807) is 9.80 Å². The molecule has 0 aromatic heterocycles. The van der Waals surface area contributed by atoms with E-state index < -0.39 is 17.8 Å². The molecule has 0 spiro atoms. The fourth-order valence-corrected chi connectivity index (χ4v) is 4.09. The maximum atomic E-state index is 13.1. The van der Waals surface area contributed by atoms with Crippen LogP contribution in [0.5, 0.6) is 0 Å². The summed E-state index contributed by atoms with van der Waals surface area (Å²) in [5.41, 5.74) is 3.52. The Morgan fingerprint density at radius 3 is 2.46 bits per heavy atom. The number of fused-ring (bicyclic) bond motifs is 1. The van der Waals surface area contributed by atoms with Crippen molar-refractivity contribution in [3.05, 3.63) is 65.2 Å². The van der Waals surface area contributed by atoms with Gasteiger partial charge in [0.25, 0.3) is 0 Å². The Morgan fingerprint density at radius 2 is 1.75 bits per heavy atom. The molecule has 6 heteroatoms. The monoisotopic (exact) mass is 378 g/mol. The molecule has 2 aliphatic heterocycles. The lowest BCUT2D eigenvalue weighted by atomic mass is 9.89. The van der Waals surface area contributed by atoms with Crippen molar-refractivity contribution in [3.8, 4) is 0 Å². The fraction of sp³-hybridized carbons (Fsp3) is 0.318. The van der Waals surface area contributed by atoms with Gasteiger partial charge in [0.05, 0.1) is 11.8 Å². The third kappa shape index (κ3) is 3.26. The van der Waals surface area contributed by atoms with Gasteiger partial charge in [0.1, 0.15) is 0 Å². The molecule has 1 fully saturated rings. The van der Waals surface area contributed by atoms with E-state index in [0.717, 1.165) is 22.4 Å². The highest BCUT2D eigenvalue weighted by Crippen LogP contribution is 2.32. The van der Waals surface area contributed by atoms with Crippen molar-refractivity contribution in [2.24, 2.45) is 5.92 Å². The molecule has 144 valence electrons. The van der Waals surface area contributed by atoms with Gasteiger partial charge in [0.2, 0.25) is 11.8 Å². The molecule has 28 heavy (non-hydrogen) atoms. The van der Waals surface area contributed by atoms with E-state index in [-0.39, 0.29) is 24.8 Å². The van der Waals surface area contributed by atoms with Crippen molar-refractivity contribution in [1.82, 2.24) is 4.90 Å². The first kappa shape index (κ1) is 18.2. The number of carboxylic acid groups (broad SMARTS) is 1. The average molecular weight is 378 g/mol. The lowest BCUT2D eigenvalue weighted by Gasteiger charge is -2.34. The number of anilines is 1. The van der Waals surface area contributed by atoms with Crippen molar-refractivity contribution < 1.29 is 19.5 Å². The Balaban J connectivity index is 1.53. The lowest BCUT2D eigenvalue weighted by Crippen LogP contribution is -2.43. The maximum Gasteiger partial charge on any atom is 0.312 e. The average Bonchev–Trinajstić information content (AvgIpc) is 3.08. The predicted molar refractivity (Wildman–Crippen MR) is 104 cm³/mol. The quantitative estimate of drug-likeness (QED) is 0.890. The molecule has 2 aliphatic rings. The van der Waals surface area contributed by atoms with E-state index >= 15 is 0 Å². The van der Waals surface area contributed by atoms with Gasteiger partial charge in [-0.05, 0) is 30.2 Å². The highest BCUT2D eigenvalue weighted by Gasteiger charge is 2.40. The largest absolute Gasteiger partial charge is 0.481 e. The molecule has 2 unspecified atom stereocenters. The van der Waals surface area contributed by atoms with E-state index in [0.29, 0.717) is 13.1 Å². The predicted octanol–water partition coefficient (Wildman–Crippen LogP) is 2.56. The number of carboxylic acids is 1. The van der Waals surface area contributed by atoms with Gasteiger partial charge in [-0.2, -0.15) is 0 Å². The Bertz CT molecular complexity index is 938. The number of aryl methyl sites for hydroxylation is 1. The topological polar surface area (TPSA) is 77.9 Å². The number of rotatable bonds is 3. The van der Waals surface area contributed by atoms with Crippen LogP contribution >= 0.6 is 0 Å². The number of benzene rings is 2. The van der Waals surface area contributed by atoms with Crippen LogP contribution < -0.4 is 4.90 Å². The summed E-state index contributed by atoms with van der Waals surface area (Å²) in [4.78, 5) is 40.6. The molecule has 6 nitrogen and oxygen atoms in total. The molecule has 1 saturated heterocycles. The summed E-state index contributed by atoms with van der Waals surface area (Å²) in [5.74, 6) is -2.35. The summed E-state index contributed by atoms with van der Waals surface area (Å²) >= 11 is 0. The van der Waals surface area contributed by atoms with Gasteiger partial charge in [-0.25, -0.2) is 0 Å². The molecule has 2 atom stereocenters. The number of aliphatic carboxylic acids is 1. The molecule has 2 aromatic carbocycles. The Labute approximate surface area is 163 Å². The van der Waals surface area contributed by atoms with E-state index in [1.165, 1.54) is 0 Å². The summed E-state index contributed by atoms with van der Waals surface area (Å²) < 4.78 is 0. The van der Waals surface area contributed by atoms with E-state index in [1.807, 2.05) is 55.5 Å². The molecule has 0 radical (unpaired) electrons. The van der Waals surface area contributed by atoms with Gasteiger partial charge in [-0.1, -0.05) is 42.0 Å². The van der Waals surface area contributed by atoms with Crippen molar-refractivity contribution in [2.45, 2.75) is 25.8 Å². The fourth-order valence-electron chi connectivity index (χ4n) is 4.09. The van der Waals surface area contributed by atoms with Gasteiger partial charge < -0.3 is 14.9 Å². The van der Waals surface area contributed by atoms with Crippen LogP contribution in [0.1, 0.15) is 29.0 Å². The van der Waals surface area contributed by atoms with Crippen LogP contribution in [0.4, 0.5) is 5.69 Å². The smallest absolute Gasteiger partial charge is 0.312 e. The molecule has 2 aromatic rings. The summed E-state index contributed by atoms with van der Waals surface area (Å²) in [7, 11) is 0. The van der Waals surface area contributed by atoms with E-state index in [9.17, 15) is 19.5 Å². The van der Waals surface area contributed by atoms with Crippen LogP contribution in [0.2, 0.25) is 0 Å².